The highest BCUT2D eigenvalue weighted by atomic mass is 16.6. The zero-order chi connectivity index (χ0) is 23.3. The minimum Gasteiger partial charge on any atom is -0.441 e. The topological polar surface area (TPSA) is 49.9 Å². The van der Waals surface area contributed by atoms with Gasteiger partial charge in [0.15, 0.2) is 0 Å². The van der Waals surface area contributed by atoms with Crippen LogP contribution < -0.4 is 0 Å². The fourth-order valence-electron chi connectivity index (χ4n) is 4.85. The Morgan fingerprint density at radius 2 is 1.50 bits per heavy atom. The maximum absolute atomic E-state index is 13.6. The van der Waals surface area contributed by atoms with Gasteiger partial charge in [-0.2, -0.15) is 0 Å². The number of nitrogens with zero attached hydrogens (tertiary/aromatic N) is 2. The molecule has 0 saturated carbocycles. The van der Waals surface area contributed by atoms with Gasteiger partial charge in [0, 0.05) is 19.6 Å². The summed E-state index contributed by atoms with van der Waals surface area (Å²) in [5.74, 6) is -0.305. The SMILES string of the molecule is CCC(CN(Cc1ccccc1)Cc1ccccc1)C(=O)N1C(=O)OC(C)(C)[C@@H]1C(C)C. The van der Waals surface area contributed by atoms with Crippen LogP contribution in [-0.4, -0.2) is 40.0 Å². The molecular formula is C27H36N2O3. The molecule has 32 heavy (non-hydrogen) atoms. The number of carbonyl (C=O) groups excluding carboxylic acids is 2. The van der Waals surface area contributed by atoms with Crippen LogP contribution in [0.3, 0.4) is 0 Å². The van der Waals surface area contributed by atoms with Crippen LogP contribution >= 0.6 is 0 Å². The average Bonchev–Trinajstić information content (AvgIpc) is 3.01. The predicted octanol–water partition coefficient (Wildman–Crippen LogP) is 5.50. The van der Waals surface area contributed by atoms with Gasteiger partial charge in [0.2, 0.25) is 5.91 Å². The second-order valence-corrected chi connectivity index (χ2v) is 9.61. The van der Waals surface area contributed by atoms with Crippen LogP contribution in [0.4, 0.5) is 4.79 Å². The van der Waals surface area contributed by atoms with Gasteiger partial charge in [-0.1, -0.05) is 81.4 Å². The van der Waals surface area contributed by atoms with Gasteiger partial charge in [0.25, 0.3) is 0 Å². The highest BCUT2D eigenvalue weighted by molar-refractivity contribution is 5.95. The van der Waals surface area contributed by atoms with Crippen LogP contribution in [0.2, 0.25) is 0 Å². The zero-order valence-electron chi connectivity index (χ0n) is 20.0. The first-order valence-electron chi connectivity index (χ1n) is 11.6. The molecule has 1 unspecified atom stereocenters. The Balaban J connectivity index is 1.82. The van der Waals surface area contributed by atoms with E-state index in [2.05, 4.69) is 29.2 Å². The van der Waals surface area contributed by atoms with Crippen molar-refractivity contribution in [2.24, 2.45) is 11.8 Å². The Bertz CT molecular complexity index is 854. The molecule has 0 bridgehead atoms. The van der Waals surface area contributed by atoms with Gasteiger partial charge < -0.3 is 4.74 Å². The van der Waals surface area contributed by atoms with Gasteiger partial charge in [-0.05, 0) is 37.3 Å². The third-order valence-corrected chi connectivity index (χ3v) is 6.23. The Morgan fingerprint density at radius 1 is 1.00 bits per heavy atom. The van der Waals surface area contributed by atoms with E-state index in [9.17, 15) is 9.59 Å². The fourth-order valence-corrected chi connectivity index (χ4v) is 4.85. The summed E-state index contributed by atoms with van der Waals surface area (Å²) in [7, 11) is 0. The number of hydrogen-bond donors (Lipinski definition) is 0. The minimum atomic E-state index is -0.688. The molecule has 172 valence electrons. The van der Waals surface area contributed by atoms with Crippen molar-refractivity contribution in [2.45, 2.75) is 65.8 Å². The van der Waals surface area contributed by atoms with Crippen molar-refractivity contribution in [2.75, 3.05) is 6.54 Å². The quantitative estimate of drug-likeness (QED) is 0.521. The van der Waals surface area contributed by atoms with Gasteiger partial charge in [0.05, 0.1) is 12.0 Å². The molecule has 5 nitrogen and oxygen atoms in total. The molecule has 0 aromatic heterocycles. The van der Waals surface area contributed by atoms with E-state index >= 15 is 0 Å². The first kappa shape index (κ1) is 24.0. The van der Waals surface area contributed by atoms with Crippen LogP contribution in [0.25, 0.3) is 0 Å². The van der Waals surface area contributed by atoms with Gasteiger partial charge in [-0.15, -0.1) is 0 Å². The van der Waals surface area contributed by atoms with Gasteiger partial charge in [0.1, 0.15) is 5.60 Å². The van der Waals surface area contributed by atoms with Crippen molar-refractivity contribution < 1.29 is 14.3 Å². The minimum absolute atomic E-state index is 0.114. The highest BCUT2D eigenvalue weighted by Crippen LogP contribution is 2.35. The van der Waals surface area contributed by atoms with Gasteiger partial charge >= 0.3 is 6.09 Å². The van der Waals surface area contributed by atoms with Crippen LogP contribution in [0.5, 0.6) is 0 Å². The molecule has 2 aromatic carbocycles. The third-order valence-electron chi connectivity index (χ3n) is 6.23. The number of amides is 2. The van der Waals surface area contributed by atoms with E-state index in [1.165, 1.54) is 16.0 Å². The summed E-state index contributed by atoms with van der Waals surface area (Å²) in [5.41, 5.74) is 1.72. The normalized spacial score (nSPS) is 18.8. The van der Waals surface area contributed by atoms with E-state index in [0.717, 1.165) is 13.1 Å². The van der Waals surface area contributed by atoms with E-state index < -0.39 is 11.7 Å². The second kappa shape index (κ2) is 10.3. The molecule has 0 N–H and O–H groups in total. The number of carbonyl (C=O) groups is 2. The lowest BCUT2D eigenvalue weighted by atomic mass is 9.88. The average molecular weight is 437 g/mol. The van der Waals surface area contributed by atoms with E-state index in [4.69, 9.17) is 4.74 Å². The predicted molar refractivity (Wildman–Crippen MR) is 127 cm³/mol. The largest absolute Gasteiger partial charge is 0.441 e. The third kappa shape index (κ3) is 5.57. The Hall–Kier alpha value is -2.66. The molecule has 3 rings (SSSR count). The van der Waals surface area contributed by atoms with Crippen molar-refractivity contribution >= 4 is 12.0 Å². The lowest BCUT2D eigenvalue weighted by Crippen LogP contribution is -2.51. The Morgan fingerprint density at radius 3 is 1.94 bits per heavy atom. The van der Waals surface area contributed by atoms with Crippen molar-refractivity contribution in [3.63, 3.8) is 0 Å². The number of cyclic esters (lactones) is 1. The lowest BCUT2D eigenvalue weighted by molar-refractivity contribution is -0.135. The number of rotatable bonds is 9. The highest BCUT2D eigenvalue weighted by Gasteiger charge is 2.52. The maximum atomic E-state index is 13.6. The van der Waals surface area contributed by atoms with Crippen molar-refractivity contribution in [3.8, 4) is 0 Å². The Kier molecular flexibility index (Phi) is 7.73. The first-order chi connectivity index (χ1) is 15.2. The van der Waals surface area contributed by atoms with Crippen molar-refractivity contribution in [1.82, 2.24) is 9.80 Å². The molecule has 1 heterocycles. The Labute approximate surface area is 192 Å². The number of imide groups is 1. The molecule has 1 aliphatic heterocycles. The molecule has 1 aliphatic rings. The molecule has 0 aliphatic carbocycles. The molecule has 5 heteroatoms. The molecule has 2 amide bonds. The van der Waals surface area contributed by atoms with Gasteiger partial charge in [-0.25, -0.2) is 9.69 Å². The smallest absolute Gasteiger partial charge is 0.417 e. The molecule has 0 spiro atoms. The summed E-state index contributed by atoms with van der Waals surface area (Å²) in [6.07, 6.45) is 0.142. The number of hydrogen-bond acceptors (Lipinski definition) is 4. The maximum Gasteiger partial charge on any atom is 0.417 e. The van der Waals surface area contributed by atoms with Crippen LogP contribution in [-0.2, 0) is 22.6 Å². The molecule has 2 atom stereocenters. The van der Waals surface area contributed by atoms with E-state index in [0.29, 0.717) is 13.0 Å². The number of benzene rings is 2. The van der Waals surface area contributed by atoms with Crippen molar-refractivity contribution in [1.29, 1.82) is 0 Å². The summed E-state index contributed by atoms with van der Waals surface area (Å²) in [4.78, 5) is 30.0. The van der Waals surface area contributed by atoms with E-state index in [1.807, 2.05) is 71.0 Å². The molecule has 2 aromatic rings. The summed E-state index contributed by atoms with van der Waals surface area (Å²) < 4.78 is 5.60. The molecule has 1 saturated heterocycles. The summed E-state index contributed by atoms with van der Waals surface area (Å²) in [6.45, 7) is 11.9. The van der Waals surface area contributed by atoms with Crippen LogP contribution in [0.15, 0.2) is 60.7 Å². The van der Waals surface area contributed by atoms with E-state index in [1.54, 1.807) is 0 Å². The van der Waals surface area contributed by atoms with Gasteiger partial charge in [-0.3, -0.25) is 9.69 Å². The summed E-state index contributed by atoms with van der Waals surface area (Å²) in [5, 5.41) is 0. The molecule has 1 fully saturated rings. The molecule has 0 radical (unpaired) electrons. The first-order valence-corrected chi connectivity index (χ1v) is 11.6. The zero-order valence-corrected chi connectivity index (χ0v) is 20.0. The fraction of sp³-hybridized carbons (Fsp3) is 0.481. The van der Waals surface area contributed by atoms with E-state index in [-0.39, 0.29) is 23.8 Å². The van der Waals surface area contributed by atoms with Crippen LogP contribution in [0.1, 0.15) is 52.2 Å². The standard InChI is InChI=1S/C27H36N2O3/c1-6-23(25(30)29-24(20(2)3)27(4,5)32-26(29)31)19-28(17-21-13-9-7-10-14-21)18-22-15-11-8-12-16-22/h7-16,20,23-24H,6,17-19H2,1-5H3/t23?,24-/m0/s1. The summed E-state index contributed by atoms with van der Waals surface area (Å²) in [6, 6.07) is 20.3. The van der Waals surface area contributed by atoms with Crippen LogP contribution in [0, 0.1) is 11.8 Å². The number of ether oxygens (including phenoxy) is 1. The molecular weight excluding hydrogens is 400 g/mol. The second-order valence-electron chi connectivity index (χ2n) is 9.61. The van der Waals surface area contributed by atoms with Crippen molar-refractivity contribution in [3.05, 3.63) is 71.8 Å². The lowest BCUT2D eigenvalue weighted by Gasteiger charge is -2.34. The summed E-state index contributed by atoms with van der Waals surface area (Å²) >= 11 is 0. The monoisotopic (exact) mass is 436 g/mol.